The van der Waals surface area contributed by atoms with Gasteiger partial charge in [0, 0.05) is 12.2 Å². The normalized spacial score (nSPS) is 11.4. The maximum absolute atomic E-state index is 4.70. The fourth-order valence-electron chi connectivity index (χ4n) is 2.22. The molecule has 2 heterocycles. The summed E-state index contributed by atoms with van der Waals surface area (Å²) < 4.78 is 2.93. The molecule has 4 nitrogen and oxygen atoms in total. The van der Waals surface area contributed by atoms with Gasteiger partial charge in [-0.1, -0.05) is 19.9 Å². The second-order valence-corrected chi connectivity index (χ2v) is 6.63. The van der Waals surface area contributed by atoms with Crippen LogP contribution in [0.3, 0.4) is 0 Å². The Morgan fingerprint density at radius 1 is 1.19 bits per heavy atom. The minimum Gasteiger partial charge on any atom is -0.312 e. The molecule has 2 aromatic heterocycles. The Kier molecular flexibility index (Phi) is 5.17. The summed E-state index contributed by atoms with van der Waals surface area (Å²) in [7, 11) is 0. The molecule has 2 rings (SSSR count). The molecule has 0 bridgehead atoms. The number of nitrogens with one attached hydrogen (secondary N) is 1. The minimum absolute atomic E-state index is 0.657. The third-order valence-corrected chi connectivity index (χ3v) is 4.62. The summed E-state index contributed by atoms with van der Waals surface area (Å²) in [6.07, 6.45) is 0. The highest BCUT2D eigenvalue weighted by atomic mass is 79.9. The molecule has 0 amide bonds. The Balaban J connectivity index is 2.20. The Hall–Kier alpha value is -1.20. The van der Waals surface area contributed by atoms with Gasteiger partial charge in [-0.2, -0.15) is 5.10 Å². The van der Waals surface area contributed by atoms with Crippen molar-refractivity contribution in [1.29, 1.82) is 0 Å². The van der Waals surface area contributed by atoms with E-state index in [4.69, 9.17) is 4.98 Å². The maximum atomic E-state index is 4.70. The molecule has 0 unspecified atom stereocenters. The number of rotatable bonds is 5. The van der Waals surface area contributed by atoms with Crippen LogP contribution in [0.1, 0.15) is 36.5 Å². The lowest BCUT2D eigenvalue weighted by Gasteiger charge is -2.11. The lowest BCUT2D eigenvalue weighted by molar-refractivity contribution is 0.550. The average Bonchev–Trinajstić information content (AvgIpc) is 2.68. The van der Waals surface area contributed by atoms with Gasteiger partial charge in [-0.3, -0.25) is 0 Å². The second-order valence-electron chi connectivity index (χ2n) is 5.84. The third-order valence-electron chi connectivity index (χ3n) is 3.47. The van der Waals surface area contributed by atoms with E-state index in [1.165, 1.54) is 5.56 Å². The van der Waals surface area contributed by atoms with Crippen molar-refractivity contribution < 1.29 is 0 Å². The lowest BCUT2D eigenvalue weighted by atomic mass is 10.2. The molecule has 0 aliphatic heterocycles. The first-order chi connectivity index (χ1) is 9.90. The Bertz CT molecular complexity index is 631. The van der Waals surface area contributed by atoms with Crippen LogP contribution in [-0.2, 0) is 6.54 Å². The van der Waals surface area contributed by atoms with E-state index < -0.39 is 0 Å². The van der Waals surface area contributed by atoms with Gasteiger partial charge in [0.05, 0.1) is 15.9 Å². The second kappa shape index (κ2) is 6.71. The van der Waals surface area contributed by atoms with Gasteiger partial charge in [0.25, 0.3) is 0 Å². The fourth-order valence-corrected chi connectivity index (χ4v) is 2.47. The highest BCUT2D eigenvalue weighted by molar-refractivity contribution is 9.10. The summed E-state index contributed by atoms with van der Waals surface area (Å²) in [5.74, 6) is 1.52. The van der Waals surface area contributed by atoms with Gasteiger partial charge in [0.15, 0.2) is 5.82 Å². The van der Waals surface area contributed by atoms with Gasteiger partial charge in [0.1, 0.15) is 0 Å². The van der Waals surface area contributed by atoms with E-state index in [1.54, 1.807) is 0 Å². The van der Waals surface area contributed by atoms with Crippen molar-refractivity contribution in [1.82, 2.24) is 20.1 Å². The van der Waals surface area contributed by atoms with Crippen molar-refractivity contribution in [3.8, 4) is 5.82 Å². The molecule has 0 aromatic carbocycles. The zero-order valence-electron chi connectivity index (χ0n) is 13.4. The van der Waals surface area contributed by atoms with Gasteiger partial charge in [-0.25, -0.2) is 9.67 Å². The number of nitrogens with zero attached hydrogens (tertiary/aromatic N) is 3. The first-order valence-electron chi connectivity index (χ1n) is 7.29. The van der Waals surface area contributed by atoms with Gasteiger partial charge < -0.3 is 5.32 Å². The zero-order valence-corrected chi connectivity index (χ0v) is 15.0. The number of aryl methyl sites for hydroxylation is 2. The lowest BCUT2D eigenvalue weighted by Crippen LogP contribution is -2.20. The van der Waals surface area contributed by atoms with Crippen LogP contribution in [0.2, 0.25) is 0 Å². The van der Waals surface area contributed by atoms with Crippen molar-refractivity contribution >= 4 is 15.9 Å². The molecule has 0 fully saturated rings. The monoisotopic (exact) mass is 350 g/mol. The average molecular weight is 351 g/mol. The van der Waals surface area contributed by atoms with Crippen molar-refractivity contribution in [3.63, 3.8) is 0 Å². The molecule has 114 valence electrons. The summed E-state index contributed by atoms with van der Waals surface area (Å²) in [5.41, 5.74) is 4.34. The van der Waals surface area contributed by atoms with Crippen LogP contribution in [0.15, 0.2) is 16.6 Å². The first-order valence-corrected chi connectivity index (χ1v) is 8.08. The third kappa shape index (κ3) is 3.71. The molecule has 0 saturated heterocycles. The molecule has 1 N–H and O–H groups in total. The summed E-state index contributed by atoms with van der Waals surface area (Å²) in [5, 5.41) is 7.98. The Morgan fingerprint density at radius 3 is 2.43 bits per heavy atom. The summed E-state index contributed by atoms with van der Waals surface area (Å²) in [4.78, 5) is 4.70. The molecule has 0 spiro atoms. The first kappa shape index (κ1) is 16.2. The topological polar surface area (TPSA) is 42.7 Å². The van der Waals surface area contributed by atoms with E-state index in [-0.39, 0.29) is 0 Å². The van der Waals surface area contributed by atoms with Crippen molar-refractivity contribution in [2.45, 2.75) is 41.2 Å². The molecule has 0 aliphatic carbocycles. The van der Waals surface area contributed by atoms with Gasteiger partial charge >= 0.3 is 0 Å². The standard InChI is InChI=1S/C16H23BrN4/c1-10(2)8-18-9-14-6-7-15(19-11(14)3)21-13(5)16(17)12(4)20-21/h6-7,10,18H,8-9H2,1-5H3. The van der Waals surface area contributed by atoms with E-state index >= 15 is 0 Å². The fraction of sp³-hybridized carbons (Fsp3) is 0.500. The number of halogens is 1. The molecule has 0 saturated carbocycles. The predicted molar refractivity (Wildman–Crippen MR) is 89.8 cm³/mol. The van der Waals surface area contributed by atoms with E-state index in [1.807, 2.05) is 24.6 Å². The SMILES string of the molecule is Cc1nc(-n2nc(C)c(Br)c2C)ccc1CNCC(C)C. The van der Waals surface area contributed by atoms with Gasteiger partial charge in [-0.05, 0) is 60.8 Å². The van der Waals surface area contributed by atoms with Crippen molar-refractivity contribution in [2.75, 3.05) is 6.54 Å². The summed E-state index contributed by atoms with van der Waals surface area (Å²) in [6.45, 7) is 12.4. The van der Waals surface area contributed by atoms with Crippen LogP contribution in [0, 0.1) is 26.7 Å². The number of aromatic nitrogens is 3. The van der Waals surface area contributed by atoms with E-state index in [9.17, 15) is 0 Å². The quantitative estimate of drug-likeness (QED) is 0.893. The van der Waals surface area contributed by atoms with Crippen LogP contribution in [0.25, 0.3) is 5.82 Å². The molecular weight excluding hydrogens is 328 g/mol. The molecule has 5 heteroatoms. The molecule has 0 atom stereocenters. The molecule has 2 aromatic rings. The molecule has 0 radical (unpaired) electrons. The van der Waals surface area contributed by atoms with E-state index in [0.717, 1.165) is 40.5 Å². The summed E-state index contributed by atoms with van der Waals surface area (Å²) in [6, 6.07) is 4.17. The smallest absolute Gasteiger partial charge is 0.153 e. The van der Waals surface area contributed by atoms with Crippen LogP contribution in [0.4, 0.5) is 0 Å². The molecule has 21 heavy (non-hydrogen) atoms. The van der Waals surface area contributed by atoms with Gasteiger partial charge in [0.2, 0.25) is 0 Å². The molecular formula is C16H23BrN4. The number of hydrogen-bond acceptors (Lipinski definition) is 3. The Morgan fingerprint density at radius 2 is 1.90 bits per heavy atom. The van der Waals surface area contributed by atoms with E-state index in [0.29, 0.717) is 5.92 Å². The molecule has 0 aliphatic rings. The van der Waals surface area contributed by atoms with Gasteiger partial charge in [-0.15, -0.1) is 0 Å². The van der Waals surface area contributed by atoms with Crippen LogP contribution in [0.5, 0.6) is 0 Å². The largest absolute Gasteiger partial charge is 0.312 e. The van der Waals surface area contributed by atoms with Crippen LogP contribution in [-0.4, -0.2) is 21.3 Å². The van der Waals surface area contributed by atoms with Crippen LogP contribution >= 0.6 is 15.9 Å². The summed E-state index contributed by atoms with van der Waals surface area (Å²) >= 11 is 3.56. The van der Waals surface area contributed by atoms with Crippen molar-refractivity contribution in [3.05, 3.63) is 39.3 Å². The zero-order chi connectivity index (χ0) is 15.6. The minimum atomic E-state index is 0.657. The number of pyridine rings is 1. The van der Waals surface area contributed by atoms with E-state index in [2.05, 4.69) is 53.2 Å². The van der Waals surface area contributed by atoms with Crippen LogP contribution < -0.4 is 5.32 Å². The maximum Gasteiger partial charge on any atom is 0.153 e. The highest BCUT2D eigenvalue weighted by Crippen LogP contribution is 2.22. The number of hydrogen-bond donors (Lipinski definition) is 1. The predicted octanol–water partition coefficient (Wildman–Crippen LogP) is 3.70. The van der Waals surface area contributed by atoms with Crippen molar-refractivity contribution in [2.24, 2.45) is 5.92 Å². The highest BCUT2D eigenvalue weighted by Gasteiger charge is 2.12. The Labute approximate surface area is 135 Å².